The maximum absolute atomic E-state index is 14.4. The van der Waals surface area contributed by atoms with E-state index in [9.17, 15) is 35.2 Å². The molecule has 1 saturated heterocycles. The molecule has 1 N–H and O–H groups in total. The molecule has 188 valence electrons. The highest BCUT2D eigenvalue weighted by Crippen LogP contribution is 2.55. The van der Waals surface area contributed by atoms with Gasteiger partial charge in [-0.15, -0.1) is 0 Å². The molecule has 1 aliphatic rings. The van der Waals surface area contributed by atoms with E-state index in [0.717, 1.165) is 38.6 Å². The summed E-state index contributed by atoms with van der Waals surface area (Å²) in [5.41, 5.74) is -3.01. The number of rotatable bonds is 5. The molecule has 0 saturated carbocycles. The summed E-state index contributed by atoms with van der Waals surface area (Å²) < 4.78 is 104. The van der Waals surface area contributed by atoms with Gasteiger partial charge in [-0.2, -0.15) is 26.7 Å². The molecular weight excluding hydrogens is 489 g/mol. The normalized spacial score (nSPS) is 25.4. The Bertz CT molecular complexity index is 1230. The van der Waals surface area contributed by atoms with E-state index < -0.39 is 63.0 Å². The van der Waals surface area contributed by atoms with Crippen molar-refractivity contribution in [3.63, 3.8) is 0 Å². The van der Waals surface area contributed by atoms with Gasteiger partial charge in [0.25, 0.3) is 15.9 Å². The first kappa shape index (κ1) is 25.9. The van der Waals surface area contributed by atoms with E-state index in [0.29, 0.717) is 4.09 Å². The first-order valence-corrected chi connectivity index (χ1v) is 11.7. The molecule has 0 aliphatic carbocycles. The lowest BCUT2D eigenvalue weighted by atomic mass is 9.77. The molecule has 2 aromatic rings. The van der Waals surface area contributed by atoms with Gasteiger partial charge in [0.2, 0.25) is 5.82 Å². The van der Waals surface area contributed by atoms with E-state index in [2.05, 4.69) is 10.4 Å². The Labute approximate surface area is 192 Å². The summed E-state index contributed by atoms with van der Waals surface area (Å²) in [4.78, 5) is 13.1. The van der Waals surface area contributed by atoms with Crippen LogP contribution in [0.3, 0.4) is 0 Å². The Balaban J connectivity index is 2.09. The fourth-order valence-corrected chi connectivity index (χ4v) is 4.54. The zero-order valence-corrected chi connectivity index (χ0v) is 19.5. The standard InChI is InChI=1S/C20H22F5N3O5S/c1-9-14(11-6-7-12(21)15(22)16(11)32-4)17(33-19(9,3)20(23,24)25)18(29)26-13-8-28(27-10(13)2)34(5,30)31/h6-9,14,17H,1-5H3,(H,26,29)/t9-,14-,17+,19+/m0/s1. The Morgan fingerprint density at radius 3 is 2.41 bits per heavy atom. The van der Waals surface area contributed by atoms with Crippen molar-refractivity contribution in [2.45, 2.75) is 44.6 Å². The Morgan fingerprint density at radius 2 is 1.91 bits per heavy atom. The summed E-state index contributed by atoms with van der Waals surface area (Å²) in [6.45, 7) is 3.32. The number of nitrogens with zero attached hydrogens (tertiary/aromatic N) is 2. The van der Waals surface area contributed by atoms with Gasteiger partial charge in [-0.25, -0.2) is 12.8 Å². The fourth-order valence-electron chi connectivity index (χ4n) is 3.97. The number of hydrogen-bond acceptors (Lipinski definition) is 6. The van der Waals surface area contributed by atoms with Crippen LogP contribution in [0.2, 0.25) is 0 Å². The number of carbonyl (C=O) groups excluding carboxylic acids is 1. The molecule has 0 bridgehead atoms. The highest BCUT2D eigenvalue weighted by Gasteiger charge is 2.66. The van der Waals surface area contributed by atoms with Crippen molar-refractivity contribution in [3.8, 4) is 5.75 Å². The van der Waals surface area contributed by atoms with E-state index in [-0.39, 0.29) is 16.9 Å². The summed E-state index contributed by atoms with van der Waals surface area (Å²) in [5, 5.41) is 6.08. The molecule has 1 aromatic carbocycles. The highest BCUT2D eigenvalue weighted by molar-refractivity contribution is 7.89. The minimum atomic E-state index is -4.91. The lowest BCUT2D eigenvalue weighted by molar-refractivity contribution is -0.272. The lowest BCUT2D eigenvalue weighted by Crippen LogP contribution is -2.47. The number of hydrogen-bond donors (Lipinski definition) is 1. The largest absolute Gasteiger partial charge is 0.493 e. The number of aryl methyl sites for hydroxylation is 1. The SMILES string of the molecule is COc1c([C@H]2[C@H](C(=O)Nc3cn(S(C)(=O)=O)nc3C)O[C@@](C)(C(F)(F)F)[C@H]2C)ccc(F)c1F. The number of nitrogens with one attached hydrogen (secondary N) is 1. The van der Waals surface area contributed by atoms with Crippen molar-refractivity contribution >= 4 is 21.6 Å². The van der Waals surface area contributed by atoms with E-state index in [1.165, 1.54) is 13.8 Å². The second-order valence-electron chi connectivity index (χ2n) is 8.19. The molecule has 34 heavy (non-hydrogen) atoms. The van der Waals surface area contributed by atoms with Crippen molar-refractivity contribution < 1.29 is 44.6 Å². The fraction of sp³-hybridized carbons (Fsp3) is 0.500. The number of aromatic nitrogens is 2. The monoisotopic (exact) mass is 511 g/mol. The van der Waals surface area contributed by atoms with Crippen LogP contribution in [0.4, 0.5) is 27.6 Å². The van der Waals surface area contributed by atoms with Gasteiger partial charge >= 0.3 is 6.18 Å². The number of carbonyl (C=O) groups is 1. The molecule has 0 unspecified atom stereocenters. The molecule has 1 fully saturated rings. The van der Waals surface area contributed by atoms with Gasteiger partial charge in [0.15, 0.2) is 17.2 Å². The van der Waals surface area contributed by atoms with Gasteiger partial charge in [-0.3, -0.25) is 4.79 Å². The molecular formula is C20H22F5N3O5S. The first-order chi connectivity index (χ1) is 15.5. The first-order valence-electron chi connectivity index (χ1n) is 9.87. The van der Waals surface area contributed by atoms with Crippen LogP contribution in [0.5, 0.6) is 5.75 Å². The molecule has 0 spiro atoms. The van der Waals surface area contributed by atoms with Crippen molar-refractivity contribution in [2.24, 2.45) is 5.92 Å². The van der Waals surface area contributed by atoms with E-state index in [1.807, 2.05) is 0 Å². The van der Waals surface area contributed by atoms with Crippen LogP contribution in [0.15, 0.2) is 18.3 Å². The summed E-state index contributed by atoms with van der Waals surface area (Å²) >= 11 is 0. The molecule has 0 radical (unpaired) electrons. The van der Waals surface area contributed by atoms with Crippen LogP contribution in [-0.2, 0) is 19.6 Å². The number of anilines is 1. The topological polar surface area (TPSA) is 99.5 Å². The van der Waals surface area contributed by atoms with Crippen LogP contribution < -0.4 is 10.1 Å². The second kappa shape index (κ2) is 8.48. The smallest absolute Gasteiger partial charge is 0.417 e. The van der Waals surface area contributed by atoms with Crippen LogP contribution in [-0.4, -0.2) is 54.8 Å². The Kier molecular flexibility index (Phi) is 6.46. The van der Waals surface area contributed by atoms with Crippen LogP contribution in [0.25, 0.3) is 0 Å². The predicted molar refractivity (Wildman–Crippen MR) is 110 cm³/mol. The molecule has 3 rings (SSSR count). The molecule has 1 amide bonds. The van der Waals surface area contributed by atoms with Gasteiger partial charge in [0.05, 0.1) is 30.9 Å². The van der Waals surface area contributed by atoms with Crippen LogP contribution in [0.1, 0.15) is 31.0 Å². The molecule has 14 heteroatoms. The molecule has 8 nitrogen and oxygen atoms in total. The quantitative estimate of drug-likeness (QED) is 0.619. The number of amides is 1. The number of alkyl halides is 3. The number of ether oxygens (including phenoxy) is 2. The Hall–Kier alpha value is -2.74. The number of halogens is 5. The lowest BCUT2D eigenvalue weighted by Gasteiger charge is -2.32. The van der Waals surface area contributed by atoms with Crippen LogP contribution in [0, 0.1) is 24.5 Å². The molecule has 1 aromatic heterocycles. The van der Waals surface area contributed by atoms with E-state index in [4.69, 9.17) is 9.47 Å². The van der Waals surface area contributed by atoms with Crippen molar-refractivity contribution in [1.29, 1.82) is 0 Å². The Morgan fingerprint density at radius 1 is 1.29 bits per heavy atom. The third kappa shape index (κ3) is 4.24. The number of benzene rings is 1. The molecule has 1 aliphatic heterocycles. The number of methoxy groups -OCH3 is 1. The van der Waals surface area contributed by atoms with E-state index >= 15 is 0 Å². The van der Waals surface area contributed by atoms with Gasteiger partial charge in [-0.1, -0.05) is 13.0 Å². The van der Waals surface area contributed by atoms with Gasteiger partial charge in [-0.05, 0) is 19.9 Å². The average Bonchev–Trinajstić information content (AvgIpc) is 3.22. The second-order valence-corrected chi connectivity index (χ2v) is 10.0. The maximum atomic E-state index is 14.4. The molecule has 2 heterocycles. The maximum Gasteiger partial charge on any atom is 0.417 e. The summed E-state index contributed by atoms with van der Waals surface area (Å²) in [6, 6.07) is 1.76. The van der Waals surface area contributed by atoms with Crippen molar-refractivity contribution in [3.05, 3.63) is 41.2 Å². The zero-order chi connectivity index (χ0) is 25.8. The highest BCUT2D eigenvalue weighted by atomic mass is 32.2. The van der Waals surface area contributed by atoms with Crippen molar-refractivity contribution in [1.82, 2.24) is 9.19 Å². The minimum Gasteiger partial charge on any atom is -0.493 e. The van der Waals surface area contributed by atoms with Crippen molar-refractivity contribution in [2.75, 3.05) is 18.7 Å². The average molecular weight is 511 g/mol. The summed E-state index contributed by atoms with van der Waals surface area (Å²) in [7, 11) is -2.78. The van der Waals surface area contributed by atoms with Gasteiger partial charge in [0, 0.05) is 17.4 Å². The third-order valence-electron chi connectivity index (χ3n) is 6.05. The summed E-state index contributed by atoms with van der Waals surface area (Å²) in [5.74, 6) is -7.24. The predicted octanol–water partition coefficient (Wildman–Crippen LogP) is 3.36. The third-order valence-corrected chi connectivity index (χ3v) is 6.91. The van der Waals surface area contributed by atoms with E-state index in [1.54, 1.807) is 0 Å². The minimum absolute atomic E-state index is 0.0744. The van der Waals surface area contributed by atoms with Crippen LogP contribution >= 0.6 is 0 Å². The summed E-state index contributed by atoms with van der Waals surface area (Å²) in [6.07, 6.45) is -4.88. The zero-order valence-electron chi connectivity index (χ0n) is 18.7. The van der Waals surface area contributed by atoms with Gasteiger partial charge < -0.3 is 14.8 Å². The molecule has 4 atom stereocenters. The van der Waals surface area contributed by atoms with Gasteiger partial charge in [0.1, 0.15) is 6.10 Å².